The number of rotatable bonds is 3. The van der Waals surface area contributed by atoms with Gasteiger partial charge in [-0.3, -0.25) is 4.79 Å². The van der Waals surface area contributed by atoms with Crippen LogP contribution in [0.25, 0.3) is 0 Å². The van der Waals surface area contributed by atoms with Crippen LogP contribution < -0.4 is 15.2 Å². The highest BCUT2D eigenvalue weighted by atomic mass is 35.5. The molecule has 2 N–H and O–H groups in total. The van der Waals surface area contributed by atoms with Crippen LogP contribution in [0, 0.1) is 0 Å². The fourth-order valence-corrected chi connectivity index (χ4v) is 3.92. The first kappa shape index (κ1) is 18.0. The number of halogens is 1. The molecule has 2 aliphatic rings. The zero-order chi connectivity index (χ0) is 16.5. The van der Waals surface area contributed by atoms with Crippen LogP contribution in [0.4, 0.5) is 0 Å². The Hall–Kier alpha value is -1.83. The molecule has 8 heteroatoms. The predicted octanol–water partition coefficient (Wildman–Crippen LogP) is 2.77. The van der Waals surface area contributed by atoms with Crippen LogP contribution >= 0.6 is 23.7 Å². The summed E-state index contributed by atoms with van der Waals surface area (Å²) < 4.78 is 11.2. The van der Waals surface area contributed by atoms with Crippen molar-refractivity contribution >= 4 is 29.7 Å². The third-order valence-electron chi connectivity index (χ3n) is 4.41. The molecule has 1 fully saturated rings. The molecule has 2 aromatic rings. The van der Waals surface area contributed by atoms with Crippen LogP contribution in [-0.4, -0.2) is 35.5 Å². The summed E-state index contributed by atoms with van der Waals surface area (Å²) in [5.74, 6) is 1.51. The van der Waals surface area contributed by atoms with E-state index in [2.05, 4.69) is 4.98 Å². The highest BCUT2D eigenvalue weighted by Crippen LogP contribution is 2.38. The van der Waals surface area contributed by atoms with Crippen LogP contribution in [0.2, 0.25) is 0 Å². The Morgan fingerprint density at radius 3 is 2.88 bits per heavy atom. The summed E-state index contributed by atoms with van der Waals surface area (Å²) in [7, 11) is 0. The van der Waals surface area contributed by atoms with Crippen LogP contribution in [-0.2, 0) is 6.54 Å². The first-order chi connectivity index (χ1) is 11.8. The van der Waals surface area contributed by atoms with E-state index in [-0.39, 0.29) is 24.4 Å². The average Bonchev–Trinajstić information content (AvgIpc) is 3.30. The topological polar surface area (TPSA) is 77.7 Å². The van der Waals surface area contributed by atoms with Crippen molar-refractivity contribution in [3.63, 3.8) is 0 Å². The smallest absolute Gasteiger partial charge is 0.273 e. The minimum atomic E-state index is -0.0247. The SMILES string of the molecule is Cl.NCc1nc(C(=O)N2CCCC2c2ccc3c(c2)OCCO3)cs1. The minimum absolute atomic E-state index is 0. The number of hydrogen-bond donors (Lipinski definition) is 1. The van der Waals surface area contributed by atoms with Crippen molar-refractivity contribution < 1.29 is 14.3 Å². The zero-order valence-corrected chi connectivity index (χ0v) is 15.3. The largest absolute Gasteiger partial charge is 0.486 e. The Morgan fingerprint density at radius 2 is 2.12 bits per heavy atom. The third-order valence-corrected chi connectivity index (χ3v) is 5.28. The van der Waals surface area contributed by atoms with Gasteiger partial charge in [-0.25, -0.2) is 4.98 Å². The van der Waals surface area contributed by atoms with Crippen molar-refractivity contribution in [1.82, 2.24) is 9.88 Å². The number of benzene rings is 1. The summed E-state index contributed by atoms with van der Waals surface area (Å²) in [6, 6.07) is 6.00. The maximum atomic E-state index is 12.8. The number of fused-ring (bicyclic) bond motifs is 1. The number of carbonyl (C=O) groups excluding carboxylic acids is 1. The number of carbonyl (C=O) groups is 1. The fourth-order valence-electron chi connectivity index (χ4n) is 3.27. The first-order valence-electron chi connectivity index (χ1n) is 8.11. The van der Waals surface area contributed by atoms with E-state index in [1.807, 2.05) is 23.1 Å². The number of ether oxygens (including phenoxy) is 2. The lowest BCUT2D eigenvalue weighted by Gasteiger charge is -2.26. The van der Waals surface area contributed by atoms with Crippen LogP contribution in [0.1, 0.15) is 39.9 Å². The maximum absolute atomic E-state index is 12.8. The molecule has 1 saturated heterocycles. The molecule has 6 nitrogen and oxygen atoms in total. The number of nitrogens with zero attached hydrogens (tertiary/aromatic N) is 2. The van der Waals surface area contributed by atoms with Gasteiger partial charge in [0, 0.05) is 18.5 Å². The second-order valence-electron chi connectivity index (χ2n) is 5.89. The molecule has 1 aromatic heterocycles. The van der Waals surface area contributed by atoms with Crippen molar-refractivity contribution in [1.29, 1.82) is 0 Å². The fraction of sp³-hybridized carbons (Fsp3) is 0.412. The Balaban J connectivity index is 0.00000182. The molecule has 4 rings (SSSR count). The molecule has 25 heavy (non-hydrogen) atoms. The maximum Gasteiger partial charge on any atom is 0.273 e. The molecule has 0 bridgehead atoms. The van der Waals surface area contributed by atoms with Crippen molar-refractivity contribution in [2.24, 2.45) is 5.73 Å². The van der Waals surface area contributed by atoms with Crippen molar-refractivity contribution in [3.8, 4) is 11.5 Å². The lowest BCUT2D eigenvalue weighted by Crippen LogP contribution is -2.31. The van der Waals surface area contributed by atoms with E-state index in [0.29, 0.717) is 25.5 Å². The molecule has 134 valence electrons. The van der Waals surface area contributed by atoms with Crippen LogP contribution in [0.5, 0.6) is 11.5 Å². The van der Waals surface area contributed by atoms with E-state index in [4.69, 9.17) is 15.2 Å². The number of likely N-dealkylation sites (tertiary alicyclic amines) is 1. The predicted molar refractivity (Wildman–Crippen MR) is 97.7 cm³/mol. The highest BCUT2D eigenvalue weighted by molar-refractivity contribution is 7.09. The van der Waals surface area contributed by atoms with Gasteiger partial charge in [0.05, 0.1) is 6.04 Å². The number of thiazole rings is 1. The van der Waals surface area contributed by atoms with Crippen molar-refractivity contribution in [3.05, 3.63) is 39.8 Å². The van der Waals surface area contributed by atoms with Gasteiger partial charge >= 0.3 is 0 Å². The summed E-state index contributed by atoms with van der Waals surface area (Å²) in [6.45, 7) is 2.25. The molecular weight excluding hydrogens is 362 g/mol. The van der Waals surface area contributed by atoms with E-state index < -0.39 is 0 Å². The normalized spacial score (nSPS) is 18.8. The molecule has 3 heterocycles. The molecule has 1 unspecified atom stereocenters. The van der Waals surface area contributed by atoms with Gasteiger partial charge in [-0.05, 0) is 30.5 Å². The molecule has 1 amide bonds. The van der Waals surface area contributed by atoms with Gasteiger partial charge in [0.15, 0.2) is 11.5 Å². The van der Waals surface area contributed by atoms with Crippen LogP contribution in [0.15, 0.2) is 23.6 Å². The average molecular weight is 382 g/mol. The Bertz CT molecular complexity index is 767. The second kappa shape index (κ2) is 7.59. The summed E-state index contributed by atoms with van der Waals surface area (Å²) in [5.41, 5.74) is 7.17. The van der Waals surface area contributed by atoms with Gasteiger partial charge in [0.1, 0.15) is 23.9 Å². The molecule has 0 saturated carbocycles. The minimum Gasteiger partial charge on any atom is -0.486 e. The van der Waals surface area contributed by atoms with Gasteiger partial charge in [-0.15, -0.1) is 23.7 Å². The number of aromatic nitrogens is 1. The Labute approximate surface area is 156 Å². The van der Waals surface area contributed by atoms with Gasteiger partial charge in [-0.1, -0.05) is 6.07 Å². The lowest BCUT2D eigenvalue weighted by atomic mass is 10.0. The quantitative estimate of drug-likeness (QED) is 0.884. The molecule has 0 radical (unpaired) electrons. The molecule has 0 spiro atoms. The highest BCUT2D eigenvalue weighted by Gasteiger charge is 2.32. The van der Waals surface area contributed by atoms with E-state index >= 15 is 0 Å². The number of amides is 1. The summed E-state index contributed by atoms with van der Waals surface area (Å²) in [6.07, 6.45) is 1.93. The van der Waals surface area contributed by atoms with Crippen molar-refractivity contribution in [2.45, 2.75) is 25.4 Å². The lowest BCUT2D eigenvalue weighted by molar-refractivity contribution is 0.0730. The van der Waals surface area contributed by atoms with Crippen LogP contribution in [0.3, 0.4) is 0 Å². The monoisotopic (exact) mass is 381 g/mol. The van der Waals surface area contributed by atoms with Gasteiger partial charge in [0.2, 0.25) is 0 Å². The number of nitrogens with two attached hydrogens (primary N) is 1. The van der Waals surface area contributed by atoms with E-state index in [1.165, 1.54) is 11.3 Å². The van der Waals surface area contributed by atoms with Gasteiger partial charge in [-0.2, -0.15) is 0 Å². The Kier molecular flexibility index (Phi) is 5.46. The van der Waals surface area contributed by atoms with Gasteiger partial charge < -0.3 is 20.1 Å². The van der Waals surface area contributed by atoms with Crippen molar-refractivity contribution in [2.75, 3.05) is 19.8 Å². The molecular formula is C17H20ClN3O3S. The van der Waals surface area contributed by atoms with E-state index in [0.717, 1.165) is 41.5 Å². The molecule has 2 aliphatic heterocycles. The number of hydrogen-bond acceptors (Lipinski definition) is 6. The zero-order valence-electron chi connectivity index (χ0n) is 13.6. The van der Waals surface area contributed by atoms with E-state index in [9.17, 15) is 4.79 Å². The molecule has 1 aromatic carbocycles. The third kappa shape index (κ3) is 3.44. The summed E-state index contributed by atoms with van der Waals surface area (Å²) in [5, 5.41) is 2.58. The first-order valence-corrected chi connectivity index (χ1v) is 8.99. The molecule has 0 aliphatic carbocycles. The Morgan fingerprint density at radius 1 is 1.32 bits per heavy atom. The second-order valence-corrected chi connectivity index (χ2v) is 6.83. The van der Waals surface area contributed by atoms with E-state index in [1.54, 1.807) is 5.38 Å². The van der Waals surface area contributed by atoms with Gasteiger partial charge in [0.25, 0.3) is 5.91 Å². The summed E-state index contributed by atoms with van der Waals surface area (Å²) in [4.78, 5) is 19.1. The summed E-state index contributed by atoms with van der Waals surface area (Å²) >= 11 is 1.43. The standard InChI is InChI=1S/C17H19N3O3S.ClH/c18-9-16-19-12(10-24-16)17(21)20-5-1-2-13(20)11-3-4-14-15(8-11)23-7-6-22-14;/h3-4,8,10,13H,1-2,5-7,9,18H2;1H. The molecule has 1 atom stereocenters.